The maximum Gasteiger partial charge on any atom is 0.377 e. The third-order valence-electron chi connectivity index (χ3n) is 2.80. The van der Waals surface area contributed by atoms with Crippen molar-refractivity contribution in [2.45, 2.75) is 43.8 Å². The Bertz CT molecular complexity index is 241. The highest BCUT2D eigenvalue weighted by Crippen LogP contribution is 2.30. The third-order valence-corrected chi connectivity index (χ3v) is 2.80. The number of carbonyl (C=O) groups is 1. The Morgan fingerprint density at radius 3 is 2.64 bits per heavy atom. The van der Waals surface area contributed by atoms with Gasteiger partial charge in [0.15, 0.2) is 0 Å². The van der Waals surface area contributed by atoms with Crippen molar-refractivity contribution in [2.75, 3.05) is 6.54 Å². The summed E-state index contributed by atoms with van der Waals surface area (Å²) in [5.74, 6) is -4.65. The summed E-state index contributed by atoms with van der Waals surface area (Å²) in [4.78, 5) is 10.6. The Morgan fingerprint density at radius 2 is 2.21 bits per heavy atom. The normalized spacial score (nSPS) is 31.3. The molecule has 0 bridgehead atoms. The average Bonchev–Trinajstić information content (AvgIpc) is 2.23. The summed E-state index contributed by atoms with van der Waals surface area (Å²) in [5, 5.41) is 3.11. The molecule has 14 heavy (non-hydrogen) atoms. The van der Waals surface area contributed by atoms with Crippen molar-refractivity contribution in [1.29, 1.82) is 0 Å². The first-order chi connectivity index (χ1) is 6.58. The van der Waals surface area contributed by atoms with Crippen LogP contribution in [-0.4, -0.2) is 30.6 Å². The number of hydrogen-bond donors (Lipinski definition) is 1. The zero-order chi connectivity index (χ0) is 10.2. The molecule has 0 aromatic carbocycles. The molecule has 0 aromatic rings. The summed E-state index contributed by atoms with van der Waals surface area (Å²) in [7, 11) is 0. The monoisotopic (exact) mass is 205 g/mol. The topological polar surface area (TPSA) is 38.3 Å². The minimum Gasteiger partial charge on any atom is -0.456 e. The molecule has 80 valence electrons. The van der Waals surface area contributed by atoms with E-state index >= 15 is 0 Å². The van der Waals surface area contributed by atoms with Gasteiger partial charge in [-0.25, -0.2) is 4.79 Å². The molecular weight excluding hydrogens is 192 g/mol. The molecule has 1 saturated heterocycles. The molecule has 1 heterocycles. The molecule has 3 nitrogen and oxygen atoms in total. The molecule has 1 unspecified atom stereocenters. The smallest absolute Gasteiger partial charge is 0.377 e. The van der Waals surface area contributed by atoms with Crippen molar-refractivity contribution in [2.24, 2.45) is 0 Å². The minimum absolute atomic E-state index is 0.353. The van der Waals surface area contributed by atoms with Gasteiger partial charge in [0.25, 0.3) is 0 Å². The molecule has 2 fully saturated rings. The molecule has 1 saturated carbocycles. The highest BCUT2D eigenvalue weighted by atomic mass is 19.3. The summed E-state index contributed by atoms with van der Waals surface area (Å²) >= 11 is 0. The molecule has 2 aliphatic rings. The molecule has 1 atom stereocenters. The van der Waals surface area contributed by atoms with Crippen LogP contribution >= 0.6 is 0 Å². The summed E-state index contributed by atoms with van der Waals surface area (Å²) in [5.41, 5.74) is 0. The fourth-order valence-corrected chi connectivity index (χ4v) is 1.67. The van der Waals surface area contributed by atoms with E-state index in [4.69, 9.17) is 0 Å². The first-order valence-electron chi connectivity index (χ1n) is 4.90. The fraction of sp³-hybridized carbons (Fsp3) is 0.889. The quantitative estimate of drug-likeness (QED) is 0.700. The lowest BCUT2D eigenvalue weighted by atomic mass is 9.93. The Hall–Kier alpha value is -0.710. The second-order valence-corrected chi connectivity index (χ2v) is 3.97. The van der Waals surface area contributed by atoms with Gasteiger partial charge in [0.2, 0.25) is 0 Å². The third kappa shape index (κ3) is 1.87. The second kappa shape index (κ2) is 3.46. The molecule has 0 radical (unpaired) electrons. The van der Waals surface area contributed by atoms with Crippen molar-refractivity contribution >= 4 is 5.97 Å². The van der Waals surface area contributed by atoms with Gasteiger partial charge in [0, 0.05) is 12.6 Å². The molecule has 5 heteroatoms. The van der Waals surface area contributed by atoms with Gasteiger partial charge in [-0.15, -0.1) is 0 Å². The maximum atomic E-state index is 12.7. The Morgan fingerprint density at radius 1 is 1.50 bits per heavy atom. The number of rotatable bonds is 3. The second-order valence-electron chi connectivity index (χ2n) is 3.97. The number of hydrogen-bond acceptors (Lipinski definition) is 3. The number of esters is 1. The molecular formula is C9H13F2NO2. The predicted molar refractivity (Wildman–Crippen MR) is 45.1 cm³/mol. The van der Waals surface area contributed by atoms with Crippen LogP contribution in [0, 0.1) is 0 Å². The van der Waals surface area contributed by atoms with E-state index in [1.165, 1.54) is 6.42 Å². The van der Waals surface area contributed by atoms with E-state index < -0.39 is 24.4 Å². The molecule has 0 spiro atoms. The van der Waals surface area contributed by atoms with Crippen molar-refractivity contribution in [3.8, 4) is 0 Å². The van der Waals surface area contributed by atoms with Crippen molar-refractivity contribution < 1.29 is 18.3 Å². The van der Waals surface area contributed by atoms with Crippen LogP contribution in [0.2, 0.25) is 0 Å². The van der Waals surface area contributed by atoms with Crippen LogP contribution in [0.1, 0.15) is 25.7 Å². The molecule has 1 aliphatic heterocycles. The van der Waals surface area contributed by atoms with Crippen LogP contribution in [-0.2, 0) is 9.53 Å². The largest absolute Gasteiger partial charge is 0.456 e. The number of alkyl halides is 2. The van der Waals surface area contributed by atoms with Gasteiger partial charge in [-0.05, 0) is 12.8 Å². The van der Waals surface area contributed by atoms with Crippen LogP contribution in [0.4, 0.5) is 8.78 Å². The number of nitrogens with one attached hydrogen (secondary N) is 1. The molecule has 2 rings (SSSR count). The van der Waals surface area contributed by atoms with Crippen LogP contribution in [0.15, 0.2) is 0 Å². The van der Waals surface area contributed by atoms with E-state index in [9.17, 15) is 13.6 Å². The summed E-state index contributed by atoms with van der Waals surface area (Å²) in [6.45, 7) is 0.353. The van der Waals surface area contributed by atoms with Gasteiger partial charge < -0.3 is 10.1 Å². The van der Waals surface area contributed by atoms with Gasteiger partial charge in [-0.1, -0.05) is 6.42 Å². The standard InChI is InChI=1S/C9H13F2NO2/c10-9(11)4-7(14-8(9)13)5-12-6-2-1-3-6/h6-7,12H,1-5H2. The van der Waals surface area contributed by atoms with E-state index in [0.29, 0.717) is 12.6 Å². The van der Waals surface area contributed by atoms with E-state index in [2.05, 4.69) is 10.1 Å². The lowest BCUT2D eigenvalue weighted by molar-refractivity contribution is -0.159. The SMILES string of the molecule is O=C1OC(CNC2CCC2)CC1(F)F. The molecule has 0 amide bonds. The van der Waals surface area contributed by atoms with Crippen molar-refractivity contribution in [1.82, 2.24) is 5.32 Å². The Labute approximate surface area is 80.8 Å². The highest BCUT2D eigenvalue weighted by molar-refractivity contribution is 5.79. The van der Waals surface area contributed by atoms with E-state index in [1.54, 1.807) is 0 Å². The Kier molecular flexibility index (Phi) is 2.43. The van der Waals surface area contributed by atoms with Gasteiger partial charge >= 0.3 is 11.9 Å². The molecule has 1 aliphatic carbocycles. The van der Waals surface area contributed by atoms with E-state index in [1.807, 2.05) is 0 Å². The van der Waals surface area contributed by atoms with E-state index in [-0.39, 0.29) is 0 Å². The van der Waals surface area contributed by atoms with Crippen LogP contribution < -0.4 is 5.32 Å². The first kappa shape index (κ1) is 9.83. The lowest BCUT2D eigenvalue weighted by Crippen LogP contribution is -2.39. The average molecular weight is 205 g/mol. The maximum absolute atomic E-state index is 12.7. The zero-order valence-corrected chi connectivity index (χ0v) is 7.76. The summed E-state index contributed by atoms with van der Waals surface area (Å²) in [6, 6.07) is 0.433. The number of carbonyl (C=O) groups excluding carboxylic acids is 1. The van der Waals surface area contributed by atoms with Gasteiger partial charge in [0.1, 0.15) is 6.10 Å². The highest BCUT2D eigenvalue weighted by Gasteiger charge is 2.50. The van der Waals surface area contributed by atoms with Gasteiger partial charge in [0.05, 0.1) is 6.42 Å². The van der Waals surface area contributed by atoms with Crippen LogP contribution in [0.5, 0.6) is 0 Å². The minimum atomic E-state index is -3.27. The summed E-state index contributed by atoms with van der Waals surface area (Å²) in [6.07, 6.45) is 2.25. The Balaban J connectivity index is 1.75. The fourth-order valence-electron chi connectivity index (χ4n) is 1.67. The predicted octanol–water partition coefficient (Wildman–Crippen LogP) is 1.08. The lowest BCUT2D eigenvalue weighted by Gasteiger charge is -2.27. The van der Waals surface area contributed by atoms with Crippen LogP contribution in [0.25, 0.3) is 0 Å². The van der Waals surface area contributed by atoms with Gasteiger partial charge in [-0.2, -0.15) is 8.78 Å². The number of cyclic esters (lactones) is 1. The number of ether oxygens (including phenoxy) is 1. The first-order valence-corrected chi connectivity index (χ1v) is 4.90. The molecule has 0 aromatic heterocycles. The van der Waals surface area contributed by atoms with Gasteiger partial charge in [-0.3, -0.25) is 0 Å². The molecule has 1 N–H and O–H groups in total. The number of halogens is 2. The van der Waals surface area contributed by atoms with E-state index in [0.717, 1.165) is 12.8 Å². The van der Waals surface area contributed by atoms with Crippen molar-refractivity contribution in [3.63, 3.8) is 0 Å². The summed E-state index contributed by atoms with van der Waals surface area (Å²) < 4.78 is 30.0. The zero-order valence-electron chi connectivity index (χ0n) is 7.76. The van der Waals surface area contributed by atoms with Crippen molar-refractivity contribution in [3.05, 3.63) is 0 Å². The van der Waals surface area contributed by atoms with Crippen LogP contribution in [0.3, 0.4) is 0 Å².